The minimum absolute atomic E-state index is 0.0385. The number of aromatic nitrogens is 1. The molecule has 0 N–H and O–H groups in total. The normalized spacial score (nSPS) is 10.2. The van der Waals surface area contributed by atoms with Crippen LogP contribution in [0.15, 0.2) is 66.9 Å². The van der Waals surface area contributed by atoms with Crippen molar-refractivity contribution >= 4 is 23.2 Å². The number of hydrogen-bond acceptors (Lipinski definition) is 5. The molecule has 0 bridgehead atoms. The third-order valence-corrected chi connectivity index (χ3v) is 4.82. The summed E-state index contributed by atoms with van der Waals surface area (Å²) < 4.78 is 11.0. The zero-order chi connectivity index (χ0) is 22.1. The average molecular weight is 436 g/mol. The van der Waals surface area contributed by atoms with Gasteiger partial charge in [0.1, 0.15) is 0 Å². The van der Waals surface area contributed by atoms with Crippen LogP contribution in [0, 0.1) is 11.3 Å². The third kappa shape index (κ3) is 6.21. The van der Waals surface area contributed by atoms with E-state index >= 15 is 0 Å². The van der Waals surface area contributed by atoms with E-state index in [9.17, 15) is 4.79 Å². The van der Waals surface area contributed by atoms with Gasteiger partial charge in [-0.05, 0) is 55.0 Å². The highest BCUT2D eigenvalue weighted by Gasteiger charge is 2.17. The van der Waals surface area contributed by atoms with Crippen LogP contribution in [-0.4, -0.2) is 24.6 Å². The van der Waals surface area contributed by atoms with E-state index in [4.69, 9.17) is 26.3 Å². The number of amides is 1. The minimum atomic E-state index is -0.0385. The molecule has 0 aliphatic rings. The van der Waals surface area contributed by atoms with Gasteiger partial charge in [0.15, 0.2) is 11.5 Å². The molecule has 0 spiro atoms. The number of ether oxygens (including phenoxy) is 2. The highest BCUT2D eigenvalue weighted by Crippen LogP contribution is 2.28. The number of hydrogen-bond donors (Lipinski definition) is 0. The van der Waals surface area contributed by atoms with Gasteiger partial charge in [0.25, 0.3) is 0 Å². The number of nitriles is 1. The number of halogens is 1. The fourth-order valence-corrected chi connectivity index (χ4v) is 3.12. The minimum Gasteiger partial charge on any atom is -0.493 e. The van der Waals surface area contributed by atoms with Gasteiger partial charge < -0.3 is 14.4 Å². The number of nitrogens with zero attached hydrogens (tertiary/aromatic N) is 3. The summed E-state index contributed by atoms with van der Waals surface area (Å²) >= 11 is 6.00. The van der Waals surface area contributed by atoms with Gasteiger partial charge in [0, 0.05) is 29.4 Å². The molecule has 0 saturated heterocycles. The third-order valence-electron chi connectivity index (χ3n) is 4.57. The highest BCUT2D eigenvalue weighted by molar-refractivity contribution is 6.30. The molecule has 1 amide bonds. The van der Waals surface area contributed by atoms with Gasteiger partial charge in [0.2, 0.25) is 5.91 Å². The summed E-state index contributed by atoms with van der Waals surface area (Å²) in [5.74, 6) is 0.990. The van der Waals surface area contributed by atoms with Crippen LogP contribution in [0.2, 0.25) is 5.02 Å². The molecule has 158 valence electrons. The first-order valence-electron chi connectivity index (χ1n) is 9.77. The zero-order valence-corrected chi connectivity index (χ0v) is 17.9. The van der Waals surface area contributed by atoms with Crippen LogP contribution in [0.5, 0.6) is 11.5 Å². The Morgan fingerprint density at radius 3 is 2.61 bits per heavy atom. The Labute approximate surface area is 186 Å². The summed E-state index contributed by atoms with van der Waals surface area (Å²) in [7, 11) is 1.52. The zero-order valence-electron chi connectivity index (χ0n) is 17.1. The number of methoxy groups -OCH3 is 1. The van der Waals surface area contributed by atoms with E-state index in [2.05, 4.69) is 11.1 Å². The van der Waals surface area contributed by atoms with Crippen molar-refractivity contribution in [3.63, 3.8) is 0 Å². The summed E-state index contributed by atoms with van der Waals surface area (Å²) in [5, 5.41) is 9.60. The molecular formula is C24H22ClN3O3. The molecule has 0 radical (unpaired) electrons. The number of pyridine rings is 1. The van der Waals surface area contributed by atoms with Crippen LogP contribution in [-0.2, 0) is 11.3 Å². The van der Waals surface area contributed by atoms with Gasteiger partial charge in [0.05, 0.1) is 37.6 Å². The van der Waals surface area contributed by atoms with E-state index in [0.717, 1.165) is 11.4 Å². The molecule has 3 rings (SSSR count). The van der Waals surface area contributed by atoms with Crippen LogP contribution in [0.4, 0.5) is 5.69 Å². The Hall–Kier alpha value is -3.56. The quantitative estimate of drug-likeness (QED) is 0.442. The van der Waals surface area contributed by atoms with Crippen molar-refractivity contribution in [2.45, 2.75) is 19.4 Å². The van der Waals surface area contributed by atoms with Gasteiger partial charge in [-0.3, -0.25) is 9.78 Å². The fourth-order valence-electron chi connectivity index (χ4n) is 3.00. The van der Waals surface area contributed by atoms with Crippen molar-refractivity contribution in [1.82, 2.24) is 4.98 Å². The molecule has 6 nitrogen and oxygen atoms in total. The molecule has 0 aliphatic heterocycles. The summed E-state index contributed by atoms with van der Waals surface area (Å²) in [5.41, 5.74) is 2.05. The maximum Gasteiger partial charge on any atom is 0.227 e. The van der Waals surface area contributed by atoms with Crippen LogP contribution in [0.3, 0.4) is 0 Å². The van der Waals surface area contributed by atoms with Crippen LogP contribution >= 0.6 is 11.6 Å². The second-order valence-electron chi connectivity index (χ2n) is 6.71. The van der Waals surface area contributed by atoms with E-state index in [1.807, 2.05) is 30.3 Å². The number of anilines is 1. The van der Waals surface area contributed by atoms with Gasteiger partial charge >= 0.3 is 0 Å². The lowest BCUT2D eigenvalue weighted by atomic mass is 10.2. The number of benzene rings is 2. The number of rotatable bonds is 9. The van der Waals surface area contributed by atoms with Crippen LogP contribution < -0.4 is 14.4 Å². The lowest BCUT2D eigenvalue weighted by Crippen LogP contribution is -2.30. The van der Waals surface area contributed by atoms with Crippen molar-refractivity contribution in [3.05, 3.63) is 83.1 Å². The predicted molar refractivity (Wildman–Crippen MR) is 119 cm³/mol. The molecule has 0 saturated carbocycles. The Balaban J connectivity index is 1.63. The first-order chi connectivity index (χ1) is 15.1. The topological polar surface area (TPSA) is 75.5 Å². The largest absolute Gasteiger partial charge is 0.493 e. The maximum atomic E-state index is 13.0. The van der Waals surface area contributed by atoms with E-state index in [0.29, 0.717) is 48.1 Å². The van der Waals surface area contributed by atoms with E-state index in [1.165, 1.54) is 7.11 Å². The molecule has 2 aromatic carbocycles. The maximum absolute atomic E-state index is 13.0. The molecule has 0 unspecified atom stereocenters. The van der Waals surface area contributed by atoms with Crippen molar-refractivity contribution in [1.29, 1.82) is 5.26 Å². The molecule has 0 atom stereocenters. The lowest BCUT2D eigenvalue weighted by molar-refractivity contribution is -0.119. The molecule has 1 aromatic heterocycles. The van der Waals surface area contributed by atoms with Crippen molar-refractivity contribution in [2.75, 3.05) is 18.6 Å². The Morgan fingerprint density at radius 1 is 1.13 bits per heavy atom. The average Bonchev–Trinajstić information content (AvgIpc) is 2.81. The highest BCUT2D eigenvalue weighted by atomic mass is 35.5. The molecular weight excluding hydrogens is 414 g/mol. The molecule has 7 heteroatoms. The van der Waals surface area contributed by atoms with Crippen molar-refractivity contribution < 1.29 is 14.3 Å². The van der Waals surface area contributed by atoms with Gasteiger partial charge in [-0.25, -0.2) is 0 Å². The van der Waals surface area contributed by atoms with Crippen LogP contribution in [0.1, 0.15) is 24.1 Å². The Morgan fingerprint density at radius 2 is 1.94 bits per heavy atom. The first kappa shape index (κ1) is 22.1. The van der Waals surface area contributed by atoms with E-state index in [1.54, 1.807) is 41.4 Å². The molecule has 0 fully saturated rings. The SMILES string of the molecule is COc1cc(C#N)ccc1OCCCC(=O)N(Cc1ccccn1)c1ccc(Cl)cc1. The fraction of sp³-hybridized carbons (Fsp3) is 0.208. The van der Waals surface area contributed by atoms with Crippen molar-refractivity contribution in [3.8, 4) is 17.6 Å². The second kappa shape index (κ2) is 11.0. The summed E-state index contributed by atoms with van der Waals surface area (Å²) in [6, 6.07) is 19.8. The Bertz CT molecular complexity index is 1050. The van der Waals surface area contributed by atoms with Gasteiger partial charge in [-0.15, -0.1) is 0 Å². The van der Waals surface area contributed by atoms with Gasteiger partial charge in [-0.1, -0.05) is 17.7 Å². The first-order valence-corrected chi connectivity index (χ1v) is 10.2. The smallest absolute Gasteiger partial charge is 0.227 e. The monoisotopic (exact) mass is 435 g/mol. The molecule has 1 heterocycles. The summed E-state index contributed by atoms with van der Waals surface area (Å²) in [6.07, 6.45) is 2.53. The van der Waals surface area contributed by atoms with Crippen molar-refractivity contribution in [2.24, 2.45) is 0 Å². The van der Waals surface area contributed by atoms with Gasteiger partial charge in [-0.2, -0.15) is 5.26 Å². The standard InChI is InChI=1S/C24H22ClN3O3/c1-30-23-15-18(16-26)7-12-22(23)31-14-4-6-24(29)28(17-20-5-2-3-13-27-20)21-10-8-19(25)9-11-21/h2-3,5,7-13,15H,4,6,14,17H2,1H3. The summed E-state index contributed by atoms with van der Waals surface area (Å²) in [4.78, 5) is 19.0. The van der Waals surface area contributed by atoms with E-state index < -0.39 is 0 Å². The van der Waals surface area contributed by atoms with E-state index in [-0.39, 0.29) is 5.91 Å². The molecule has 3 aromatic rings. The second-order valence-corrected chi connectivity index (χ2v) is 7.14. The molecule has 31 heavy (non-hydrogen) atoms. The number of carbonyl (C=O) groups excluding carboxylic acids is 1. The molecule has 0 aliphatic carbocycles. The number of carbonyl (C=O) groups is 1. The Kier molecular flexibility index (Phi) is 7.85. The summed E-state index contributed by atoms with van der Waals surface area (Å²) in [6.45, 7) is 0.706. The predicted octanol–water partition coefficient (Wildman–Crippen LogP) is 5.01. The lowest BCUT2D eigenvalue weighted by Gasteiger charge is -2.23. The van der Waals surface area contributed by atoms with Crippen LogP contribution in [0.25, 0.3) is 0 Å².